The van der Waals surface area contributed by atoms with E-state index < -0.39 is 6.04 Å². The fourth-order valence-corrected chi connectivity index (χ4v) is 2.24. The summed E-state index contributed by atoms with van der Waals surface area (Å²) in [7, 11) is 0. The Morgan fingerprint density at radius 2 is 1.88 bits per heavy atom. The Bertz CT molecular complexity index is 750. The molecule has 24 heavy (non-hydrogen) atoms. The van der Waals surface area contributed by atoms with E-state index in [4.69, 9.17) is 23.2 Å². The van der Waals surface area contributed by atoms with Gasteiger partial charge < -0.3 is 16.0 Å². The normalized spacial score (nSPS) is 11.5. The Morgan fingerprint density at radius 3 is 2.46 bits per heavy atom. The van der Waals surface area contributed by atoms with Crippen LogP contribution in [0.1, 0.15) is 13.8 Å². The average Bonchev–Trinajstić information content (AvgIpc) is 2.52. The minimum atomic E-state index is -0.523. The molecule has 1 aromatic carbocycles. The Hall–Kier alpha value is -2.31. The molecule has 0 aliphatic carbocycles. The number of carbonyl (C=O) groups is 2. The second kappa shape index (κ2) is 7.99. The number of hydrogen-bond acceptors (Lipinski definition) is 4. The van der Waals surface area contributed by atoms with Crippen LogP contribution in [0.3, 0.4) is 0 Å². The summed E-state index contributed by atoms with van der Waals surface area (Å²) in [5.41, 5.74) is 1.16. The molecular weight excluding hydrogens is 351 g/mol. The molecule has 3 N–H and O–H groups in total. The molecule has 8 heteroatoms. The molecule has 0 saturated heterocycles. The van der Waals surface area contributed by atoms with E-state index in [9.17, 15) is 9.59 Å². The lowest BCUT2D eigenvalue weighted by atomic mass is 10.2. The molecule has 2 aromatic rings. The van der Waals surface area contributed by atoms with Crippen LogP contribution in [0.2, 0.25) is 10.0 Å². The fourth-order valence-electron chi connectivity index (χ4n) is 1.90. The summed E-state index contributed by atoms with van der Waals surface area (Å²) >= 11 is 11.9. The van der Waals surface area contributed by atoms with Gasteiger partial charge in [0.25, 0.3) is 0 Å². The molecular formula is C16H16Cl2N4O2. The molecule has 0 fully saturated rings. The molecule has 0 aliphatic rings. The molecule has 6 nitrogen and oxygen atoms in total. The van der Waals surface area contributed by atoms with Crippen molar-refractivity contribution in [2.75, 3.05) is 16.0 Å². The summed E-state index contributed by atoms with van der Waals surface area (Å²) in [5.74, 6) is -0.0511. The topological polar surface area (TPSA) is 83.1 Å². The molecule has 2 rings (SSSR count). The first kappa shape index (κ1) is 18.0. The van der Waals surface area contributed by atoms with Gasteiger partial charge in [0.1, 0.15) is 11.9 Å². The maximum Gasteiger partial charge on any atom is 0.247 e. The molecule has 1 unspecified atom stereocenters. The highest BCUT2D eigenvalue weighted by Gasteiger charge is 2.14. The largest absolute Gasteiger partial charge is 0.374 e. The molecule has 0 spiro atoms. The number of hydrogen-bond donors (Lipinski definition) is 3. The maximum absolute atomic E-state index is 12.2. The number of rotatable bonds is 5. The molecule has 126 valence electrons. The van der Waals surface area contributed by atoms with E-state index in [1.54, 1.807) is 37.3 Å². The van der Waals surface area contributed by atoms with Crippen LogP contribution in [-0.4, -0.2) is 22.8 Å². The summed E-state index contributed by atoms with van der Waals surface area (Å²) in [6.45, 7) is 3.11. The quantitative estimate of drug-likeness (QED) is 0.751. The lowest BCUT2D eigenvalue weighted by molar-refractivity contribution is -0.116. The van der Waals surface area contributed by atoms with E-state index in [2.05, 4.69) is 20.9 Å². The minimum absolute atomic E-state index is 0.208. The van der Waals surface area contributed by atoms with E-state index in [0.717, 1.165) is 0 Å². The summed E-state index contributed by atoms with van der Waals surface area (Å²) < 4.78 is 0. The van der Waals surface area contributed by atoms with Gasteiger partial charge in [-0.15, -0.1) is 0 Å². The molecule has 0 aliphatic heterocycles. The van der Waals surface area contributed by atoms with Gasteiger partial charge in [0, 0.05) is 18.8 Å². The Labute approximate surface area is 149 Å². The highest BCUT2D eigenvalue weighted by Crippen LogP contribution is 2.26. The Morgan fingerprint density at radius 1 is 1.12 bits per heavy atom. The lowest BCUT2D eigenvalue weighted by Crippen LogP contribution is -2.32. The summed E-state index contributed by atoms with van der Waals surface area (Å²) in [5, 5.41) is 9.20. The molecule has 0 bridgehead atoms. The zero-order chi connectivity index (χ0) is 17.7. The van der Waals surface area contributed by atoms with Gasteiger partial charge in [0.2, 0.25) is 11.8 Å². The summed E-state index contributed by atoms with van der Waals surface area (Å²) in [6.07, 6.45) is 1.45. The number of halogens is 2. The van der Waals surface area contributed by atoms with Crippen LogP contribution in [-0.2, 0) is 9.59 Å². The number of anilines is 3. The number of carbonyl (C=O) groups excluding carboxylic acids is 2. The van der Waals surface area contributed by atoms with E-state index in [1.807, 2.05) is 0 Å². The van der Waals surface area contributed by atoms with Crippen molar-refractivity contribution in [1.29, 1.82) is 0 Å². The SMILES string of the molecule is CC(=O)Nc1ccc(NC(C)C(=O)Nc2ccc(Cl)cn2)cc1Cl. The number of aromatic nitrogens is 1. The van der Waals surface area contributed by atoms with Gasteiger partial charge >= 0.3 is 0 Å². The maximum atomic E-state index is 12.2. The van der Waals surface area contributed by atoms with Crippen LogP contribution in [0.4, 0.5) is 17.2 Å². The first-order valence-electron chi connectivity index (χ1n) is 7.11. The van der Waals surface area contributed by atoms with Crippen LogP contribution >= 0.6 is 23.2 Å². The Kier molecular flexibility index (Phi) is 6.00. The molecule has 1 aromatic heterocycles. The van der Waals surface area contributed by atoms with Gasteiger partial charge in [-0.25, -0.2) is 4.98 Å². The van der Waals surface area contributed by atoms with Crippen molar-refractivity contribution in [3.63, 3.8) is 0 Å². The summed E-state index contributed by atoms with van der Waals surface area (Å²) in [4.78, 5) is 27.2. The van der Waals surface area contributed by atoms with Crippen molar-refractivity contribution < 1.29 is 9.59 Å². The van der Waals surface area contributed by atoms with Gasteiger partial charge in [-0.05, 0) is 37.3 Å². The van der Waals surface area contributed by atoms with Crippen molar-refractivity contribution in [2.45, 2.75) is 19.9 Å². The third kappa shape index (κ3) is 5.11. The number of nitrogens with one attached hydrogen (secondary N) is 3. The lowest BCUT2D eigenvalue weighted by Gasteiger charge is -2.16. The van der Waals surface area contributed by atoms with Crippen molar-refractivity contribution in [1.82, 2.24) is 4.98 Å². The highest BCUT2D eigenvalue weighted by atomic mass is 35.5. The van der Waals surface area contributed by atoms with Gasteiger partial charge in [0.15, 0.2) is 0 Å². The van der Waals surface area contributed by atoms with Gasteiger partial charge in [0.05, 0.1) is 15.7 Å². The highest BCUT2D eigenvalue weighted by molar-refractivity contribution is 6.34. The van der Waals surface area contributed by atoms with Gasteiger partial charge in [-0.2, -0.15) is 0 Å². The van der Waals surface area contributed by atoms with E-state index >= 15 is 0 Å². The third-order valence-electron chi connectivity index (χ3n) is 3.03. The minimum Gasteiger partial charge on any atom is -0.374 e. The monoisotopic (exact) mass is 366 g/mol. The average molecular weight is 367 g/mol. The van der Waals surface area contributed by atoms with Crippen LogP contribution in [0, 0.1) is 0 Å². The first-order chi connectivity index (χ1) is 11.3. The van der Waals surface area contributed by atoms with Crippen LogP contribution < -0.4 is 16.0 Å². The predicted octanol–water partition coefficient (Wildman–Crippen LogP) is 3.79. The molecule has 1 heterocycles. The van der Waals surface area contributed by atoms with E-state index in [1.165, 1.54) is 13.1 Å². The Balaban J connectivity index is 1.99. The number of pyridine rings is 1. The molecule has 0 radical (unpaired) electrons. The van der Waals surface area contributed by atoms with Crippen LogP contribution in [0.25, 0.3) is 0 Å². The zero-order valence-electron chi connectivity index (χ0n) is 13.1. The fraction of sp³-hybridized carbons (Fsp3) is 0.188. The van der Waals surface area contributed by atoms with Crippen LogP contribution in [0.5, 0.6) is 0 Å². The number of amides is 2. The predicted molar refractivity (Wildman–Crippen MR) is 96.7 cm³/mol. The van der Waals surface area contributed by atoms with Crippen molar-refractivity contribution in [2.24, 2.45) is 0 Å². The standard InChI is InChI=1S/C16H16Cl2N4O2/c1-9(16(24)22-15-6-3-11(17)8-19-15)20-12-4-5-14(13(18)7-12)21-10(2)23/h3-9,20H,1-2H3,(H,21,23)(H,19,22,24). The van der Waals surface area contributed by atoms with Crippen LogP contribution in [0.15, 0.2) is 36.5 Å². The first-order valence-corrected chi connectivity index (χ1v) is 7.87. The van der Waals surface area contributed by atoms with Crippen molar-refractivity contribution >= 4 is 52.2 Å². The van der Waals surface area contributed by atoms with E-state index in [0.29, 0.717) is 27.2 Å². The van der Waals surface area contributed by atoms with E-state index in [-0.39, 0.29) is 11.8 Å². The smallest absolute Gasteiger partial charge is 0.247 e. The zero-order valence-corrected chi connectivity index (χ0v) is 14.6. The molecule has 0 saturated carbocycles. The molecule has 1 atom stereocenters. The van der Waals surface area contributed by atoms with Crippen molar-refractivity contribution in [3.05, 3.63) is 46.6 Å². The van der Waals surface area contributed by atoms with Crippen molar-refractivity contribution in [3.8, 4) is 0 Å². The second-order valence-electron chi connectivity index (χ2n) is 5.09. The van der Waals surface area contributed by atoms with Gasteiger partial charge in [-0.3, -0.25) is 9.59 Å². The summed E-state index contributed by atoms with van der Waals surface area (Å²) in [6, 6.07) is 7.76. The second-order valence-corrected chi connectivity index (χ2v) is 5.94. The number of benzene rings is 1. The molecule has 2 amide bonds. The number of nitrogens with zero attached hydrogens (tertiary/aromatic N) is 1. The van der Waals surface area contributed by atoms with Gasteiger partial charge in [-0.1, -0.05) is 23.2 Å². The third-order valence-corrected chi connectivity index (χ3v) is 3.57.